The maximum atomic E-state index is 13.0. The van der Waals surface area contributed by atoms with Crippen molar-refractivity contribution in [1.82, 2.24) is 15.3 Å². The summed E-state index contributed by atoms with van der Waals surface area (Å²) in [4.78, 5) is 26.4. The first kappa shape index (κ1) is 24.5. The average Bonchev–Trinajstić information content (AvgIpc) is 3.53. The standard InChI is InChI=1S/C31H35N3O3S2/c1-17-2-4-22-25(6-17)39-29-27(22)28(33-30(34-29)31-11-19-7-20(12-31)9-21(8-19)13-31)38-15-26(35)32-14-18-3-5-23-24(10-18)37-16-36-23/h3,5,10,17,19-21H,2,4,6-9,11-16H2,1H3,(H,32,35)/t17-,19?,20?,21?,31?/m1/s1. The molecule has 6 aliphatic rings. The molecule has 0 saturated heterocycles. The molecule has 2 aromatic heterocycles. The quantitative estimate of drug-likeness (QED) is 0.277. The predicted octanol–water partition coefficient (Wildman–Crippen LogP) is 6.42. The Labute approximate surface area is 237 Å². The van der Waals surface area contributed by atoms with E-state index in [1.807, 2.05) is 29.5 Å². The van der Waals surface area contributed by atoms with Crippen LogP contribution in [0.4, 0.5) is 0 Å². The van der Waals surface area contributed by atoms with Gasteiger partial charge in [0, 0.05) is 22.2 Å². The Morgan fingerprint density at radius 2 is 1.87 bits per heavy atom. The third-order valence-electron chi connectivity index (χ3n) is 9.90. The molecule has 4 fully saturated rings. The number of rotatable bonds is 6. The van der Waals surface area contributed by atoms with E-state index in [1.165, 1.54) is 60.8 Å². The lowest BCUT2D eigenvalue weighted by Gasteiger charge is -2.56. The van der Waals surface area contributed by atoms with Crippen LogP contribution in [0.25, 0.3) is 10.2 Å². The highest BCUT2D eigenvalue weighted by molar-refractivity contribution is 8.00. The molecule has 3 heterocycles. The molecule has 1 amide bonds. The normalized spacial score (nSPS) is 30.1. The number of hydrogen-bond acceptors (Lipinski definition) is 7. The Bertz CT molecular complexity index is 1430. The van der Waals surface area contributed by atoms with Gasteiger partial charge >= 0.3 is 0 Å². The minimum atomic E-state index is 0.0264. The molecule has 4 saturated carbocycles. The van der Waals surface area contributed by atoms with Crippen LogP contribution in [-0.2, 0) is 29.6 Å². The third kappa shape index (κ3) is 4.33. The summed E-state index contributed by atoms with van der Waals surface area (Å²) in [5.41, 5.74) is 2.61. The third-order valence-corrected chi connectivity index (χ3v) is 12.0. The molecule has 4 bridgehead atoms. The van der Waals surface area contributed by atoms with Crippen LogP contribution >= 0.6 is 23.1 Å². The average molecular weight is 562 g/mol. The number of carbonyl (C=O) groups excluding carboxylic acids is 1. The van der Waals surface area contributed by atoms with Gasteiger partial charge in [-0.15, -0.1) is 11.3 Å². The molecule has 0 radical (unpaired) electrons. The minimum absolute atomic E-state index is 0.0264. The zero-order valence-electron chi connectivity index (χ0n) is 22.5. The fourth-order valence-electron chi connectivity index (χ4n) is 8.47. The number of benzene rings is 1. The number of amides is 1. The molecule has 0 unspecified atom stereocenters. The summed E-state index contributed by atoms with van der Waals surface area (Å²) in [5.74, 6) is 6.26. The molecule has 1 atom stereocenters. The molecule has 1 aromatic carbocycles. The molecule has 0 spiro atoms. The first-order valence-corrected chi connectivity index (χ1v) is 16.4. The van der Waals surface area contributed by atoms with Gasteiger partial charge in [-0.05, 0) is 105 Å². The van der Waals surface area contributed by atoms with Crippen LogP contribution in [0, 0.1) is 23.7 Å². The molecule has 5 aliphatic carbocycles. The molecule has 39 heavy (non-hydrogen) atoms. The maximum absolute atomic E-state index is 13.0. The van der Waals surface area contributed by atoms with E-state index in [4.69, 9.17) is 19.4 Å². The minimum Gasteiger partial charge on any atom is -0.454 e. The second-order valence-electron chi connectivity index (χ2n) is 12.8. The Balaban J connectivity index is 1.07. The van der Waals surface area contributed by atoms with Gasteiger partial charge in [0.1, 0.15) is 15.7 Å². The Morgan fingerprint density at radius 1 is 1.10 bits per heavy atom. The number of thiophene rings is 1. The van der Waals surface area contributed by atoms with Crippen LogP contribution in [0.1, 0.15) is 73.7 Å². The molecule has 8 heteroatoms. The Kier molecular flexibility index (Phi) is 5.88. The smallest absolute Gasteiger partial charge is 0.231 e. The summed E-state index contributed by atoms with van der Waals surface area (Å²) < 4.78 is 10.9. The van der Waals surface area contributed by atoms with Crippen LogP contribution in [0.2, 0.25) is 0 Å². The Hall–Kier alpha value is -2.32. The van der Waals surface area contributed by atoms with E-state index in [0.29, 0.717) is 12.3 Å². The number of aromatic nitrogens is 2. The highest BCUT2D eigenvalue weighted by atomic mass is 32.2. The van der Waals surface area contributed by atoms with Gasteiger partial charge in [-0.3, -0.25) is 4.79 Å². The number of thioether (sulfide) groups is 1. The van der Waals surface area contributed by atoms with Gasteiger partial charge < -0.3 is 14.8 Å². The van der Waals surface area contributed by atoms with Crippen LogP contribution in [0.5, 0.6) is 11.5 Å². The van der Waals surface area contributed by atoms with Crippen LogP contribution in [0.3, 0.4) is 0 Å². The highest BCUT2D eigenvalue weighted by Crippen LogP contribution is 2.60. The van der Waals surface area contributed by atoms with Crippen molar-refractivity contribution in [3.8, 4) is 11.5 Å². The predicted molar refractivity (Wildman–Crippen MR) is 154 cm³/mol. The van der Waals surface area contributed by atoms with E-state index in [2.05, 4.69) is 12.2 Å². The topological polar surface area (TPSA) is 73.3 Å². The molecule has 9 rings (SSSR count). The van der Waals surface area contributed by atoms with E-state index in [1.54, 1.807) is 11.8 Å². The molecule has 3 aromatic rings. The lowest BCUT2D eigenvalue weighted by atomic mass is 9.49. The molecule has 1 N–H and O–H groups in total. The van der Waals surface area contributed by atoms with Gasteiger partial charge in [0.25, 0.3) is 0 Å². The van der Waals surface area contributed by atoms with Gasteiger partial charge in [0.05, 0.1) is 5.75 Å². The van der Waals surface area contributed by atoms with Crippen LogP contribution < -0.4 is 14.8 Å². The summed E-state index contributed by atoms with van der Waals surface area (Å²) in [5, 5.41) is 5.37. The number of ether oxygens (including phenoxy) is 2. The molecule has 1 aliphatic heterocycles. The summed E-state index contributed by atoms with van der Waals surface area (Å²) >= 11 is 3.51. The zero-order valence-corrected chi connectivity index (χ0v) is 24.1. The molecule has 6 nitrogen and oxygen atoms in total. The lowest BCUT2D eigenvalue weighted by Crippen LogP contribution is -2.49. The van der Waals surface area contributed by atoms with E-state index >= 15 is 0 Å². The van der Waals surface area contributed by atoms with Gasteiger partial charge in [-0.2, -0.15) is 0 Å². The highest BCUT2D eigenvalue weighted by Gasteiger charge is 2.53. The number of nitrogens with one attached hydrogen (secondary N) is 1. The molecular weight excluding hydrogens is 526 g/mol. The van der Waals surface area contributed by atoms with Gasteiger partial charge in [-0.1, -0.05) is 24.8 Å². The Morgan fingerprint density at radius 3 is 2.67 bits per heavy atom. The second kappa shape index (κ2) is 9.37. The van der Waals surface area contributed by atoms with E-state index in [9.17, 15) is 4.79 Å². The van der Waals surface area contributed by atoms with E-state index in [-0.39, 0.29) is 18.1 Å². The van der Waals surface area contributed by atoms with Crippen molar-refractivity contribution in [3.63, 3.8) is 0 Å². The number of fused-ring (bicyclic) bond motifs is 4. The van der Waals surface area contributed by atoms with Crippen molar-refractivity contribution in [2.45, 2.75) is 81.7 Å². The van der Waals surface area contributed by atoms with E-state index in [0.717, 1.165) is 69.3 Å². The molecule has 204 valence electrons. The lowest BCUT2D eigenvalue weighted by molar-refractivity contribution is -0.118. The van der Waals surface area contributed by atoms with Crippen molar-refractivity contribution >= 4 is 39.2 Å². The number of carbonyl (C=O) groups is 1. The first-order valence-electron chi connectivity index (χ1n) is 14.6. The zero-order chi connectivity index (χ0) is 26.1. The summed E-state index contributed by atoms with van der Waals surface area (Å²) in [6.07, 6.45) is 11.5. The fourth-order valence-corrected chi connectivity index (χ4v) is 10.8. The summed E-state index contributed by atoms with van der Waals surface area (Å²) in [6, 6.07) is 5.83. The summed E-state index contributed by atoms with van der Waals surface area (Å²) in [7, 11) is 0. The molecular formula is C31H35N3O3S2. The number of nitrogens with zero attached hydrogens (tertiary/aromatic N) is 2. The van der Waals surface area contributed by atoms with Crippen molar-refractivity contribution in [2.24, 2.45) is 23.7 Å². The monoisotopic (exact) mass is 561 g/mol. The largest absolute Gasteiger partial charge is 0.454 e. The second-order valence-corrected chi connectivity index (χ2v) is 14.9. The van der Waals surface area contributed by atoms with Gasteiger partial charge in [0.15, 0.2) is 11.5 Å². The maximum Gasteiger partial charge on any atom is 0.231 e. The van der Waals surface area contributed by atoms with Gasteiger partial charge in [-0.25, -0.2) is 9.97 Å². The van der Waals surface area contributed by atoms with Crippen molar-refractivity contribution in [3.05, 3.63) is 40.0 Å². The van der Waals surface area contributed by atoms with Crippen molar-refractivity contribution in [1.29, 1.82) is 0 Å². The van der Waals surface area contributed by atoms with Crippen molar-refractivity contribution in [2.75, 3.05) is 12.5 Å². The first-order chi connectivity index (χ1) is 19.0. The van der Waals surface area contributed by atoms with Gasteiger partial charge in [0.2, 0.25) is 12.7 Å². The van der Waals surface area contributed by atoms with Crippen LogP contribution in [-0.4, -0.2) is 28.4 Å². The fraction of sp³-hybridized carbons (Fsp3) is 0.581. The van der Waals surface area contributed by atoms with Crippen LogP contribution in [0.15, 0.2) is 23.2 Å². The summed E-state index contributed by atoms with van der Waals surface area (Å²) in [6.45, 7) is 3.09. The number of hydrogen-bond donors (Lipinski definition) is 1. The SMILES string of the molecule is C[C@@H]1CCc2c(sc3nc(C45CC6CC(CC(C6)C4)C5)nc(SCC(=O)NCc4ccc5c(c4)OCO5)c23)C1. The van der Waals surface area contributed by atoms with E-state index < -0.39 is 0 Å². The van der Waals surface area contributed by atoms with Crippen molar-refractivity contribution < 1.29 is 14.3 Å². The number of aryl methyl sites for hydroxylation is 1.